The van der Waals surface area contributed by atoms with Gasteiger partial charge in [0.05, 0.1) is 5.41 Å². The van der Waals surface area contributed by atoms with E-state index in [0.29, 0.717) is 0 Å². The molecule has 0 saturated heterocycles. The third kappa shape index (κ3) is 5.33. The Balaban J connectivity index is 1.20. The van der Waals surface area contributed by atoms with Gasteiger partial charge in [-0.15, -0.1) is 0 Å². The molecule has 0 fully saturated rings. The van der Waals surface area contributed by atoms with E-state index < -0.39 is 5.41 Å². The zero-order valence-electron chi connectivity index (χ0n) is 31.2. The van der Waals surface area contributed by atoms with E-state index in [4.69, 9.17) is 4.74 Å². The highest BCUT2D eigenvalue weighted by Crippen LogP contribution is 2.63. The van der Waals surface area contributed by atoms with Gasteiger partial charge in [-0.3, -0.25) is 0 Å². The molecule has 0 N–H and O–H groups in total. The number of benzene rings is 9. The van der Waals surface area contributed by atoms with Gasteiger partial charge in [-0.2, -0.15) is 0 Å². The molecule has 0 amide bonds. The van der Waals surface area contributed by atoms with Gasteiger partial charge in [0.2, 0.25) is 0 Å². The van der Waals surface area contributed by atoms with Crippen molar-refractivity contribution < 1.29 is 4.74 Å². The van der Waals surface area contributed by atoms with Crippen LogP contribution in [0.1, 0.15) is 22.3 Å². The summed E-state index contributed by atoms with van der Waals surface area (Å²) in [4.78, 5) is 2.39. The third-order valence-electron chi connectivity index (χ3n) is 11.7. The minimum Gasteiger partial charge on any atom is -0.457 e. The molecule has 11 rings (SSSR count). The van der Waals surface area contributed by atoms with Gasteiger partial charge in [0.1, 0.15) is 11.5 Å². The lowest BCUT2D eigenvalue weighted by molar-refractivity contribution is 0.436. The quantitative estimate of drug-likeness (QED) is 0.169. The molecule has 1 spiro atoms. The molecule has 0 radical (unpaired) electrons. The summed E-state index contributed by atoms with van der Waals surface area (Å²) < 4.78 is 6.94. The maximum atomic E-state index is 6.94. The summed E-state index contributed by atoms with van der Waals surface area (Å²) in [6.07, 6.45) is 0. The molecule has 2 heteroatoms. The molecular weight excluding hydrogens is 691 g/mol. The molecule has 0 aromatic heterocycles. The average molecular weight is 728 g/mol. The highest BCUT2D eigenvalue weighted by molar-refractivity contribution is 5.92. The summed E-state index contributed by atoms with van der Waals surface area (Å²) in [7, 11) is 0. The van der Waals surface area contributed by atoms with E-state index in [2.05, 4.69) is 229 Å². The molecule has 0 atom stereocenters. The molecule has 2 aliphatic rings. The molecule has 1 aliphatic carbocycles. The standard InChI is InChI=1S/C55H37NO/c1-5-16-38(17-6-1)41-22-15-25-45(34-41)56(44-23-11-4-12-24-44)46-30-31-48-47-26-13-14-27-49(47)55(50(48)37-46)51-35-42(39-18-7-2-8-19-39)28-32-53(51)57-54-33-29-43(36-52(54)55)40-20-9-3-10-21-40/h1-37H. The molecule has 9 aromatic rings. The first-order valence-corrected chi connectivity index (χ1v) is 19.6. The summed E-state index contributed by atoms with van der Waals surface area (Å²) in [5, 5.41) is 0. The zero-order chi connectivity index (χ0) is 37.8. The van der Waals surface area contributed by atoms with E-state index >= 15 is 0 Å². The maximum absolute atomic E-state index is 6.94. The lowest BCUT2D eigenvalue weighted by Gasteiger charge is -2.40. The second-order valence-corrected chi connectivity index (χ2v) is 14.9. The van der Waals surface area contributed by atoms with Crippen molar-refractivity contribution in [3.63, 3.8) is 0 Å². The molecule has 0 saturated carbocycles. The third-order valence-corrected chi connectivity index (χ3v) is 11.7. The summed E-state index contributed by atoms with van der Waals surface area (Å²) in [6.45, 7) is 0. The molecule has 57 heavy (non-hydrogen) atoms. The van der Waals surface area contributed by atoms with E-state index in [1.165, 1.54) is 44.5 Å². The molecule has 0 unspecified atom stereocenters. The van der Waals surface area contributed by atoms with Crippen molar-refractivity contribution in [2.24, 2.45) is 0 Å². The fraction of sp³-hybridized carbons (Fsp3) is 0.0182. The van der Waals surface area contributed by atoms with Crippen LogP contribution in [0.25, 0.3) is 44.5 Å². The van der Waals surface area contributed by atoms with Crippen LogP contribution in [0.15, 0.2) is 224 Å². The molecule has 0 bridgehead atoms. The molecule has 9 aromatic carbocycles. The van der Waals surface area contributed by atoms with Gasteiger partial charge in [0, 0.05) is 28.2 Å². The van der Waals surface area contributed by atoms with Gasteiger partial charge < -0.3 is 9.64 Å². The molecule has 1 heterocycles. The predicted molar refractivity (Wildman–Crippen MR) is 235 cm³/mol. The first-order valence-electron chi connectivity index (χ1n) is 19.6. The van der Waals surface area contributed by atoms with Gasteiger partial charge >= 0.3 is 0 Å². The highest BCUT2D eigenvalue weighted by atomic mass is 16.5. The molecule has 2 nitrogen and oxygen atoms in total. The first kappa shape index (κ1) is 33.0. The van der Waals surface area contributed by atoms with E-state index in [-0.39, 0.29) is 0 Å². The number of hydrogen-bond acceptors (Lipinski definition) is 2. The smallest absolute Gasteiger partial charge is 0.132 e. The summed E-state index contributed by atoms with van der Waals surface area (Å²) in [5.74, 6) is 1.75. The van der Waals surface area contributed by atoms with E-state index in [1.54, 1.807) is 0 Å². The van der Waals surface area contributed by atoms with Crippen LogP contribution in [-0.4, -0.2) is 0 Å². The second-order valence-electron chi connectivity index (χ2n) is 14.9. The lowest BCUT2D eigenvalue weighted by Crippen LogP contribution is -2.32. The molecule has 1 aliphatic heterocycles. The van der Waals surface area contributed by atoms with Gasteiger partial charge in [-0.1, -0.05) is 164 Å². The van der Waals surface area contributed by atoms with Crippen LogP contribution < -0.4 is 9.64 Å². The average Bonchev–Trinajstić information content (AvgIpc) is 3.57. The Bertz CT molecular complexity index is 2830. The van der Waals surface area contributed by atoms with E-state index in [0.717, 1.165) is 50.8 Å². The summed E-state index contributed by atoms with van der Waals surface area (Å²) in [5.41, 5.74) is 16.9. The second kappa shape index (κ2) is 13.4. The summed E-state index contributed by atoms with van der Waals surface area (Å²) in [6, 6.07) is 81.1. The first-order chi connectivity index (χ1) is 28.3. The topological polar surface area (TPSA) is 12.5 Å². The van der Waals surface area contributed by atoms with Crippen molar-refractivity contribution in [2.45, 2.75) is 5.41 Å². The zero-order valence-corrected chi connectivity index (χ0v) is 31.2. The van der Waals surface area contributed by atoms with Crippen LogP contribution in [0.2, 0.25) is 0 Å². The Morgan fingerprint density at radius 2 is 0.737 bits per heavy atom. The number of ether oxygens (including phenoxy) is 1. The minimum atomic E-state index is -0.672. The Morgan fingerprint density at radius 1 is 0.281 bits per heavy atom. The number of fused-ring (bicyclic) bond motifs is 9. The summed E-state index contributed by atoms with van der Waals surface area (Å²) >= 11 is 0. The Morgan fingerprint density at radius 3 is 1.33 bits per heavy atom. The minimum absolute atomic E-state index is 0.672. The molecular formula is C55H37NO. The van der Waals surface area contributed by atoms with Crippen LogP contribution in [0.5, 0.6) is 11.5 Å². The Kier molecular flexibility index (Phi) is 7.75. The van der Waals surface area contributed by atoms with Crippen molar-refractivity contribution in [1.29, 1.82) is 0 Å². The number of nitrogens with zero attached hydrogens (tertiary/aromatic N) is 1. The Labute approximate surface area is 333 Å². The Hall–Kier alpha value is -7.42. The normalized spacial score (nSPS) is 12.8. The van der Waals surface area contributed by atoms with Crippen molar-refractivity contribution in [3.8, 4) is 56.0 Å². The van der Waals surface area contributed by atoms with E-state index in [1.807, 2.05) is 0 Å². The van der Waals surface area contributed by atoms with E-state index in [9.17, 15) is 0 Å². The van der Waals surface area contributed by atoms with Gasteiger partial charge in [-0.05, 0) is 116 Å². The van der Waals surface area contributed by atoms with Crippen molar-refractivity contribution in [2.75, 3.05) is 4.90 Å². The highest BCUT2D eigenvalue weighted by Gasteiger charge is 2.51. The fourth-order valence-electron chi connectivity index (χ4n) is 9.17. The van der Waals surface area contributed by atoms with Crippen LogP contribution >= 0.6 is 0 Å². The number of rotatable bonds is 6. The monoisotopic (exact) mass is 727 g/mol. The SMILES string of the molecule is c1ccc(-c2cccc(N(c3ccccc3)c3ccc4c(c3)C3(c5cc(-c6ccccc6)ccc5Oc5ccc(-c6ccccc6)cc53)c3ccccc3-4)c2)cc1. The maximum Gasteiger partial charge on any atom is 0.132 e. The number of hydrogen-bond donors (Lipinski definition) is 0. The van der Waals surface area contributed by atoms with Gasteiger partial charge in [-0.25, -0.2) is 0 Å². The van der Waals surface area contributed by atoms with Crippen LogP contribution in [0.3, 0.4) is 0 Å². The van der Waals surface area contributed by atoms with Crippen LogP contribution in [0.4, 0.5) is 17.1 Å². The fourth-order valence-corrected chi connectivity index (χ4v) is 9.17. The van der Waals surface area contributed by atoms with Crippen molar-refractivity contribution >= 4 is 17.1 Å². The van der Waals surface area contributed by atoms with Gasteiger partial charge in [0.25, 0.3) is 0 Å². The van der Waals surface area contributed by atoms with Crippen molar-refractivity contribution in [1.82, 2.24) is 0 Å². The van der Waals surface area contributed by atoms with Crippen molar-refractivity contribution in [3.05, 3.63) is 247 Å². The largest absolute Gasteiger partial charge is 0.457 e. The predicted octanol–water partition coefficient (Wildman–Crippen LogP) is 14.6. The van der Waals surface area contributed by atoms with Crippen LogP contribution in [0, 0.1) is 0 Å². The van der Waals surface area contributed by atoms with Gasteiger partial charge in [0.15, 0.2) is 0 Å². The molecule has 268 valence electrons. The van der Waals surface area contributed by atoms with Crippen LogP contribution in [-0.2, 0) is 5.41 Å². The lowest BCUT2D eigenvalue weighted by atomic mass is 9.65. The number of anilines is 3. The number of para-hydroxylation sites is 1.